The van der Waals surface area contributed by atoms with Crippen LogP contribution in [0.15, 0.2) is 11.6 Å². The molecule has 0 aromatic carbocycles. The van der Waals surface area contributed by atoms with Crippen molar-refractivity contribution in [2.45, 2.75) is 70.9 Å². The van der Waals surface area contributed by atoms with Crippen molar-refractivity contribution in [3.8, 4) is 0 Å². The molecule has 2 fully saturated rings. The van der Waals surface area contributed by atoms with E-state index in [-0.39, 0.29) is 0 Å². The first kappa shape index (κ1) is 14.1. The molecule has 104 valence electrons. The summed E-state index contributed by atoms with van der Waals surface area (Å²) >= 11 is 0. The Labute approximate surface area is 113 Å². The van der Waals surface area contributed by atoms with Gasteiger partial charge in [0.2, 0.25) is 0 Å². The zero-order chi connectivity index (χ0) is 12.8. The molecular weight excluding hydrogens is 220 g/mol. The molecule has 3 atom stereocenters. The number of nitrogens with one attached hydrogen (secondary N) is 2. The van der Waals surface area contributed by atoms with Gasteiger partial charge < -0.3 is 10.6 Å². The van der Waals surface area contributed by atoms with Gasteiger partial charge in [-0.05, 0) is 52.0 Å². The standard InChI is InChI=1S/C16H30N2/c1-13(2)10-12-18-16-8-4-3-7-14(16)15-9-5-6-11-17-15/h10,14-18H,3-9,11-12H2,1-2H3. The van der Waals surface area contributed by atoms with Gasteiger partial charge in [-0.25, -0.2) is 0 Å². The summed E-state index contributed by atoms with van der Waals surface area (Å²) in [5, 5.41) is 7.55. The maximum atomic E-state index is 3.78. The van der Waals surface area contributed by atoms with Gasteiger partial charge in [-0.1, -0.05) is 30.9 Å². The summed E-state index contributed by atoms with van der Waals surface area (Å²) in [6.45, 7) is 6.66. The Morgan fingerprint density at radius 3 is 2.61 bits per heavy atom. The highest BCUT2D eigenvalue weighted by atomic mass is 15.0. The normalized spacial score (nSPS) is 33.1. The van der Waals surface area contributed by atoms with Crippen LogP contribution in [0.5, 0.6) is 0 Å². The molecule has 18 heavy (non-hydrogen) atoms. The second-order valence-corrected chi connectivity index (χ2v) is 6.30. The predicted octanol–water partition coefficient (Wildman–Crippen LogP) is 3.24. The lowest BCUT2D eigenvalue weighted by Crippen LogP contribution is -2.50. The fraction of sp³-hybridized carbons (Fsp3) is 0.875. The molecule has 0 radical (unpaired) electrons. The van der Waals surface area contributed by atoms with Gasteiger partial charge in [-0.15, -0.1) is 0 Å². The van der Waals surface area contributed by atoms with Gasteiger partial charge in [0.1, 0.15) is 0 Å². The van der Waals surface area contributed by atoms with Crippen LogP contribution in [0, 0.1) is 5.92 Å². The van der Waals surface area contributed by atoms with Crippen molar-refractivity contribution in [3.63, 3.8) is 0 Å². The van der Waals surface area contributed by atoms with E-state index in [1.807, 2.05) is 0 Å². The second kappa shape index (κ2) is 7.30. The Morgan fingerprint density at radius 2 is 1.89 bits per heavy atom. The molecule has 2 nitrogen and oxygen atoms in total. The van der Waals surface area contributed by atoms with Gasteiger partial charge in [0.15, 0.2) is 0 Å². The maximum Gasteiger partial charge on any atom is 0.0140 e. The smallest absolute Gasteiger partial charge is 0.0140 e. The van der Waals surface area contributed by atoms with E-state index in [2.05, 4.69) is 30.6 Å². The van der Waals surface area contributed by atoms with Gasteiger partial charge in [0, 0.05) is 18.6 Å². The third-order valence-corrected chi connectivity index (χ3v) is 4.58. The van der Waals surface area contributed by atoms with E-state index < -0.39 is 0 Å². The van der Waals surface area contributed by atoms with E-state index in [0.717, 1.165) is 24.5 Å². The first-order chi connectivity index (χ1) is 8.77. The second-order valence-electron chi connectivity index (χ2n) is 6.30. The molecule has 2 rings (SSSR count). The third-order valence-electron chi connectivity index (χ3n) is 4.58. The van der Waals surface area contributed by atoms with Crippen molar-refractivity contribution in [1.82, 2.24) is 10.6 Å². The minimum absolute atomic E-state index is 0.741. The van der Waals surface area contributed by atoms with Crippen LogP contribution in [0.3, 0.4) is 0 Å². The molecule has 0 amide bonds. The highest BCUT2D eigenvalue weighted by molar-refractivity contribution is 4.97. The lowest BCUT2D eigenvalue weighted by Gasteiger charge is -2.40. The molecule has 1 aliphatic heterocycles. The summed E-state index contributed by atoms with van der Waals surface area (Å²) in [4.78, 5) is 0. The molecule has 2 heteroatoms. The molecule has 2 N–H and O–H groups in total. The van der Waals surface area contributed by atoms with Crippen molar-refractivity contribution in [2.24, 2.45) is 5.92 Å². The lowest BCUT2D eigenvalue weighted by atomic mass is 9.77. The molecule has 0 aromatic rings. The highest BCUT2D eigenvalue weighted by Crippen LogP contribution is 2.30. The first-order valence-corrected chi connectivity index (χ1v) is 7.87. The largest absolute Gasteiger partial charge is 0.314 e. The molecule has 0 aromatic heterocycles. The first-order valence-electron chi connectivity index (χ1n) is 7.87. The fourth-order valence-corrected chi connectivity index (χ4v) is 3.55. The van der Waals surface area contributed by atoms with Crippen LogP contribution >= 0.6 is 0 Å². The molecule has 2 aliphatic rings. The van der Waals surface area contributed by atoms with Crippen molar-refractivity contribution in [3.05, 3.63) is 11.6 Å². The van der Waals surface area contributed by atoms with Crippen molar-refractivity contribution in [1.29, 1.82) is 0 Å². The van der Waals surface area contributed by atoms with E-state index in [0.29, 0.717) is 0 Å². The zero-order valence-corrected chi connectivity index (χ0v) is 12.2. The summed E-state index contributed by atoms with van der Waals surface area (Å²) in [5.41, 5.74) is 1.42. The van der Waals surface area contributed by atoms with Crippen LogP contribution in [-0.4, -0.2) is 25.2 Å². The summed E-state index contributed by atoms with van der Waals surface area (Å²) < 4.78 is 0. The Balaban J connectivity index is 1.86. The summed E-state index contributed by atoms with van der Waals surface area (Å²) in [6, 6.07) is 1.52. The van der Waals surface area contributed by atoms with Gasteiger partial charge in [0.25, 0.3) is 0 Å². The molecule has 0 bridgehead atoms. The zero-order valence-electron chi connectivity index (χ0n) is 12.2. The van der Waals surface area contributed by atoms with Crippen LogP contribution in [0.25, 0.3) is 0 Å². The van der Waals surface area contributed by atoms with E-state index in [4.69, 9.17) is 0 Å². The lowest BCUT2D eigenvalue weighted by molar-refractivity contribution is 0.185. The highest BCUT2D eigenvalue weighted by Gasteiger charge is 2.31. The van der Waals surface area contributed by atoms with Gasteiger partial charge in [0.05, 0.1) is 0 Å². The number of hydrogen-bond acceptors (Lipinski definition) is 2. The minimum atomic E-state index is 0.741. The molecule has 1 aliphatic carbocycles. The number of piperidine rings is 1. The van der Waals surface area contributed by atoms with E-state index in [1.165, 1.54) is 57.1 Å². The van der Waals surface area contributed by atoms with Crippen LogP contribution in [0.1, 0.15) is 58.8 Å². The summed E-state index contributed by atoms with van der Waals surface area (Å²) in [6.07, 6.45) is 12.2. The molecule has 0 spiro atoms. The van der Waals surface area contributed by atoms with Gasteiger partial charge in [-0.2, -0.15) is 0 Å². The minimum Gasteiger partial charge on any atom is -0.314 e. The van der Waals surface area contributed by atoms with Crippen LogP contribution < -0.4 is 10.6 Å². The SMILES string of the molecule is CC(C)=CCNC1CCCCC1C1CCCCN1. The van der Waals surface area contributed by atoms with Gasteiger partial charge in [-0.3, -0.25) is 0 Å². The van der Waals surface area contributed by atoms with Gasteiger partial charge >= 0.3 is 0 Å². The maximum absolute atomic E-state index is 3.78. The number of rotatable bonds is 4. The Hall–Kier alpha value is -0.340. The molecule has 1 saturated heterocycles. The average Bonchev–Trinajstić information content (AvgIpc) is 2.40. The van der Waals surface area contributed by atoms with E-state index >= 15 is 0 Å². The molecule has 3 unspecified atom stereocenters. The van der Waals surface area contributed by atoms with Crippen molar-refractivity contribution < 1.29 is 0 Å². The van der Waals surface area contributed by atoms with Crippen molar-refractivity contribution >= 4 is 0 Å². The molecule has 1 saturated carbocycles. The molecular formula is C16H30N2. The van der Waals surface area contributed by atoms with Crippen LogP contribution in [0.4, 0.5) is 0 Å². The number of hydrogen-bond donors (Lipinski definition) is 2. The third kappa shape index (κ3) is 4.10. The Bertz CT molecular complexity index is 262. The van der Waals surface area contributed by atoms with Crippen molar-refractivity contribution in [2.75, 3.05) is 13.1 Å². The summed E-state index contributed by atoms with van der Waals surface area (Å²) in [5.74, 6) is 0.865. The Kier molecular flexibility index (Phi) is 5.71. The van der Waals surface area contributed by atoms with Crippen LogP contribution in [0.2, 0.25) is 0 Å². The summed E-state index contributed by atoms with van der Waals surface area (Å²) in [7, 11) is 0. The topological polar surface area (TPSA) is 24.1 Å². The fourth-order valence-electron chi connectivity index (χ4n) is 3.55. The molecule has 1 heterocycles. The monoisotopic (exact) mass is 250 g/mol. The average molecular weight is 250 g/mol. The van der Waals surface area contributed by atoms with Crippen LogP contribution in [-0.2, 0) is 0 Å². The number of allylic oxidation sites excluding steroid dienone is 1. The van der Waals surface area contributed by atoms with E-state index in [1.54, 1.807) is 0 Å². The predicted molar refractivity (Wildman–Crippen MR) is 78.8 cm³/mol. The quantitative estimate of drug-likeness (QED) is 0.749. The Morgan fingerprint density at radius 1 is 1.11 bits per heavy atom. The van der Waals surface area contributed by atoms with E-state index in [9.17, 15) is 0 Å².